The molecule has 3 heterocycles. The normalized spacial score (nSPS) is 15.8. The lowest BCUT2D eigenvalue weighted by Crippen LogP contribution is -2.47. The number of aromatic nitrogens is 4. The van der Waals surface area contributed by atoms with Crippen molar-refractivity contribution < 1.29 is 0 Å². The minimum Gasteiger partial charge on any atom is -0.368 e. The first-order valence-electron chi connectivity index (χ1n) is 11.4. The molecule has 0 radical (unpaired) electrons. The second-order valence-electron chi connectivity index (χ2n) is 8.36. The molecule has 0 bridgehead atoms. The fraction of sp³-hybridized carbons (Fsp3) is 0.280. The van der Waals surface area contributed by atoms with Crippen molar-refractivity contribution in [3.63, 3.8) is 0 Å². The molecule has 1 aliphatic heterocycles. The molecular formula is C25H28N8S. The van der Waals surface area contributed by atoms with Gasteiger partial charge in [0.1, 0.15) is 5.01 Å². The summed E-state index contributed by atoms with van der Waals surface area (Å²) in [6, 6.07) is 20.2. The molecule has 0 spiro atoms. The van der Waals surface area contributed by atoms with Crippen LogP contribution in [0.4, 0.5) is 17.6 Å². The molecule has 8 nitrogen and oxygen atoms in total. The maximum atomic E-state index is 6.00. The fourth-order valence-corrected chi connectivity index (χ4v) is 4.91. The van der Waals surface area contributed by atoms with Crippen molar-refractivity contribution in [2.24, 2.45) is 0 Å². The highest BCUT2D eigenvalue weighted by Gasteiger charge is 2.25. The van der Waals surface area contributed by atoms with E-state index < -0.39 is 0 Å². The second kappa shape index (κ2) is 10.3. The molecule has 1 fully saturated rings. The van der Waals surface area contributed by atoms with E-state index in [2.05, 4.69) is 66.6 Å². The van der Waals surface area contributed by atoms with Crippen molar-refractivity contribution in [3.05, 3.63) is 77.6 Å². The largest absolute Gasteiger partial charge is 0.368 e. The molecule has 4 aromatic rings. The van der Waals surface area contributed by atoms with Crippen molar-refractivity contribution in [2.75, 3.05) is 37.2 Å². The van der Waals surface area contributed by atoms with E-state index in [4.69, 9.17) is 10.7 Å². The van der Waals surface area contributed by atoms with Crippen molar-refractivity contribution in [1.29, 1.82) is 0 Å². The van der Waals surface area contributed by atoms with Crippen LogP contribution < -0.4 is 11.1 Å². The highest BCUT2D eigenvalue weighted by molar-refractivity contribution is 7.13. The zero-order valence-corrected chi connectivity index (χ0v) is 19.9. The molecule has 174 valence electrons. The number of benzene rings is 2. The van der Waals surface area contributed by atoms with Gasteiger partial charge in [-0.1, -0.05) is 48.5 Å². The van der Waals surface area contributed by atoms with Gasteiger partial charge in [0.05, 0.1) is 11.7 Å². The Morgan fingerprint density at radius 1 is 0.912 bits per heavy atom. The standard InChI is InChI=1S/C25H28N8S/c1-18(22-29-24(26)31-25(30-22)28-20-10-6-3-7-11-20)33-14-12-32(13-15-33)16-21-17-34-23(27-21)19-8-4-2-5-9-19/h2-11,17-18H,12-16H2,1H3,(H3,26,28,29,30,31)/t18-/m1/s1. The highest BCUT2D eigenvalue weighted by Crippen LogP contribution is 2.25. The van der Waals surface area contributed by atoms with Crippen LogP contribution in [0.25, 0.3) is 10.6 Å². The third-order valence-corrected chi connectivity index (χ3v) is 6.93. The Hall–Kier alpha value is -3.40. The van der Waals surface area contributed by atoms with Crippen molar-refractivity contribution in [1.82, 2.24) is 29.7 Å². The van der Waals surface area contributed by atoms with Gasteiger partial charge in [-0.3, -0.25) is 9.80 Å². The summed E-state index contributed by atoms with van der Waals surface area (Å²) in [6.07, 6.45) is 0. The number of para-hydroxylation sites is 1. The topological polar surface area (TPSA) is 96.1 Å². The third-order valence-electron chi connectivity index (χ3n) is 5.99. The summed E-state index contributed by atoms with van der Waals surface area (Å²) in [5, 5.41) is 6.47. The summed E-state index contributed by atoms with van der Waals surface area (Å²) < 4.78 is 0. The zero-order valence-electron chi connectivity index (χ0n) is 19.1. The lowest BCUT2D eigenvalue weighted by molar-refractivity contribution is 0.0941. The van der Waals surface area contributed by atoms with Gasteiger partial charge in [0.2, 0.25) is 11.9 Å². The molecular weight excluding hydrogens is 444 g/mol. The molecule has 1 aliphatic rings. The van der Waals surface area contributed by atoms with Gasteiger partial charge in [0, 0.05) is 49.4 Å². The van der Waals surface area contributed by atoms with Crippen LogP contribution in [0.3, 0.4) is 0 Å². The van der Waals surface area contributed by atoms with Crippen LogP contribution in [-0.2, 0) is 6.54 Å². The Labute approximate surface area is 203 Å². The Balaban J connectivity index is 1.18. The molecule has 34 heavy (non-hydrogen) atoms. The predicted octanol–water partition coefficient (Wildman–Crippen LogP) is 4.20. The summed E-state index contributed by atoms with van der Waals surface area (Å²) in [4.78, 5) is 23.0. The number of nitrogens with one attached hydrogen (secondary N) is 1. The monoisotopic (exact) mass is 472 g/mol. The summed E-state index contributed by atoms with van der Waals surface area (Å²) >= 11 is 1.71. The number of anilines is 3. The molecule has 0 saturated carbocycles. The highest BCUT2D eigenvalue weighted by atomic mass is 32.1. The maximum Gasteiger partial charge on any atom is 0.232 e. The van der Waals surface area contributed by atoms with E-state index in [1.54, 1.807) is 11.3 Å². The molecule has 2 aromatic carbocycles. The summed E-state index contributed by atoms with van der Waals surface area (Å²) in [6.45, 7) is 6.81. The van der Waals surface area contributed by atoms with Crippen LogP contribution in [0.2, 0.25) is 0 Å². The summed E-state index contributed by atoms with van der Waals surface area (Å²) in [5.41, 5.74) is 9.22. The Bertz CT molecular complexity index is 1210. The van der Waals surface area contributed by atoms with Crippen molar-refractivity contribution in [3.8, 4) is 10.6 Å². The quantitative estimate of drug-likeness (QED) is 0.413. The molecule has 0 amide bonds. The number of rotatable bonds is 7. The van der Waals surface area contributed by atoms with Crippen molar-refractivity contribution >= 4 is 28.9 Å². The summed E-state index contributed by atoms with van der Waals surface area (Å²) in [5.74, 6) is 1.38. The number of nitrogens with two attached hydrogens (primary N) is 1. The number of nitrogens with zero attached hydrogens (tertiary/aromatic N) is 6. The van der Waals surface area contributed by atoms with Gasteiger partial charge in [-0.05, 0) is 19.1 Å². The molecule has 0 aliphatic carbocycles. The molecule has 2 aromatic heterocycles. The number of hydrogen-bond donors (Lipinski definition) is 2. The van der Waals surface area contributed by atoms with E-state index in [9.17, 15) is 0 Å². The number of nitrogen functional groups attached to an aromatic ring is 1. The number of thiazole rings is 1. The third kappa shape index (κ3) is 5.39. The van der Waals surface area contributed by atoms with E-state index >= 15 is 0 Å². The maximum absolute atomic E-state index is 6.00. The molecule has 1 saturated heterocycles. The predicted molar refractivity (Wildman–Crippen MR) is 137 cm³/mol. The van der Waals surface area contributed by atoms with Gasteiger partial charge in [-0.25, -0.2) is 4.98 Å². The van der Waals surface area contributed by atoms with Gasteiger partial charge >= 0.3 is 0 Å². The van der Waals surface area contributed by atoms with Gasteiger partial charge < -0.3 is 11.1 Å². The van der Waals surface area contributed by atoms with E-state index in [-0.39, 0.29) is 12.0 Å². The minimum absolute atomic E-state index is 0.0488. The van der Waals surface area contributed by atoms with Crippen LogP contribution in [0, 0.1) is 0 Å². The number of hydrogen-bond acceptors (Lipinski definition) is 9. The average molecular weight is 473 g/mol. The molecule has 3 N–H and O–H groups in total. The van der Waals surface area contributed by atoms with Gasteiger partial charge in [0.15, 0.2) is 5.82 Å². The first kappa shape index (κ1) is 22.4. The molecule has 9 heteroatoms. The lowest BCUT2D eigenvalue weighted by atomic mass is 10.2. The van der Waals surface area contributed by atoms with E-state index in [0.717, 1.165) is 49.1 Å². The lowest BCUT2D eigenvalue weighted by Gasteiger charge is -2.37. The average Bonchev–Trinajstić information content (AvgIpc) is 3.33. The molecule has 0 unspecified atom stereocenters. The van der Waals surface area contributed by atoms with Gasteiger partial charge in [-0.2, -0.15) is 15.0 Å². The van der Waals surface area contributed by atoms with Crippen LogP contribution in [0.1, 0.15) is 24.5 Å². The first-order valence-corrected chi connectivity index (χ1v) is 12.3. The first-order chi connectivity index (χ1) is 16.6. The van der Waals surface area contributed by atoms with E-state index in [0.29, 0.717) is 11.8 Å². The molecule has 5 rings (SSSR count). The smallest absolute Gasteiger partial charge is 0.232 e. The Kier molecular flexibility index (Phi) is 6.75. The molecule has 1 atom stereocenters. The van der Waals surface area contributed by atoms with E-state index in [1.807, 2.05) is 36.4 Å². The van der Waals surface area contributed by atoms with Gasteiger partial charge in [0.25, 0.3) is 0 Å². The SMILES string of the molecule is C[C@H](c1nc(N)nc(Nc2ccccc2)n1)N1CCN(Cc2csc(-c3ccccc3)n2)CC1. The van der Waals surface area contributed by atoms with E-state index in [1.165, 1.54) is 5.56 Å². The van der Waals surface area contributed by atoms with Crippen LogP contribution in [-0.4, -0.2) is 55.9 Å². The Morgan fingerprint density at radius 3 is 2.35 bits per heavy atom. The summed E-state index contributed by atoms with van der Waals surface area (Å²) in [7, 11) is 0. The van der Waals surface area contributed by atoms with Crippen molar-refractivity contribution in [2.45, 2.75) is 19.5 Å². The van der Waals surface area contributed by atoms with Crippen LogP contribution in [0.5, 0.6) is 0 Å². The van der Waals surface area contributed by atoms with Gasteiger partial charge in [-0.15, -0.1) is 11.3 Å². The van der Waals surface area contributed by atoms with Crippen LogP contribution in [0.15, 0.2) is 66.0 Å². The van der Waals surface area contributed by atoms with Crippen LogP contribution >= 0.6 is 11.3 Å². The number of piperazine rings is 1. The fourth-order valence-electron chi connectivity index (χ4n) is 4.10. The Morgan fingerprint density at radius 2 is 1.62 bits per heavy atom. The second-order valence-corrected chi connectivity index (χ2v) is 9.22. The minimum atomic E-state index is 0.0488. The zero-order chi connectivity index (χ0) is 23.3.